The van der Waals surface area contributed by atoms with Gasteiger partial charge in [-0.15, -0.1) is 0 Å². The normalized spacial score (nSPS) is 17.7. The molecule has 8 heteroatoms. The number of amides is 1. The van der Waals surface area contributed by atoms with Crippen LogP contribution in [0.5, 0.6) is 11.5 Å². The largest absolute Gasteiger partial charge is 0.497 e. The molecule has 1 amide bonds. The number of hydrogen-bond acceptors (Lipinski definition) is 4. The molecule has 0 aliphatic carbocycles. The maximum absolute atomic E-state index is 14.4. The Bertz CT molecular complexity index is 1020. The zero-order valence-electron chi connectivity index (χ0n) is 21.1. The van der Waals surface area contributed by atoms with Gasteiger partial charge in [-0.05, 0) is 67.0 Å². The molecule has 5 nitrogen and oxygen atoms in total. The highest BCUT2D eigenvalue weighted by molar-refractivity contribution is 6.74. The second-order valence-electron chi connectivity index (χ2n) is 10.3. The SMILES string of the molecule is COc1ccc(OCc2c(Cl)cc(F)cc2[C@H](C)N2CC(O[Si](C)(C)C(C)(C)C)CC2=O)cc1. The summed E-state index contributed by atoms with van der Waals surface area (Å²) >= 11 is 6.44. The average molecular weight is 508 g/mol. The smallest absolute Gasteiger partial charge is 0.225 e. The number of carbonyl (C=O) groups excluding carboxylic acids is 1. The summed E-state index contributed by atoms with van der Waals surface area (Å²) in [6.45, 7) is 13.4. The van der Waals surface area contributed by atoms with Crippen LogP contribution >= 0.6 is 11.6 Å². The van der Waals surface area contributed by atoms with Crippen molar-refractivity contribution in [2.24, 2.45) is 0 Å². The van der Waals surface area contributed by atoms with Crippen LogP contribution in [0, 0.1) is 5.82 Å². The lowest BCUT2D eigenvalue weighted by molar-refractivity contribution is -0.129. The molecule has 2 atom stereocenters. The Morgan fingerprint density at radius 3 is 2.38 bits per heavy atom. The summed E-state index contributed by atoms with van der Waals surface area (Å²) in [5.41, 5.74) is 1.30. The van der Waals surface area contributed by atoms with Crippen molar-refractivity contribution >= 4 is 25.8 Å². The van der Waals surface area contributed by atoms with Gasteiger partial charge >= 0.3 is 0 Å². The van der Waals surface area contributed by atoms with E-state index in [0.717, 1.165) is 5.75 Å². The van der Waals surface area contributed by atoms with E-state index in [-0.39, 0.29) is 34.7 Å². The lowest BCUT2D eigenvalue weighted by Gasteiger charge is -2.38. The number of likely N-dealkylation sites (tertiary alicyclic amines) is 1. The standard InChI is InChI=1S/C26H35ClFNO4Si/c1-17(29-15-21(14-25(29)30)33-34(6,7)26(2,3)4)22-12-18(28)13-24(27)23(22)16-32-20-10-8-19(31-5)9-11-20/h8-13,17,21H,14-16H2,1-7H3/t17-,21?/m0/s1. The number of carbonyl (C=O) groups is 1. The highest BCUT2D eigenvalue weighted by Gasteiger charge is 2.43. The third-order valence-corrected chi connectivity index (χ3v) is 11.8. The summed E-state index contributed by atoms with van der Waals surface area (Å²) in [5.74, 6) is 0.919. The van der Waals surface area contributed by atoms with Crippen LogP contribution in [0.15, 0.2) is 36.4 Å². The van der Waals surface area contributed by atoms with Crippen LogP contribution in [-0.4, -0.2) is 38.9 Å². The maximum Gasteiger partial charge on any atom is 0.225 e. The third kappa shape index (κ3) is 5.93. The zero-order chi connectivity index (χ0) is 25.3. The Labute approximate surface area is 208 Å². The van der Waals surface area contributed by atoms with E-state index >= 15 is 0 Å². The van der Waals surface area contributed by atoms with Gasteiger partial charge in [0.2, 0.25) is 5.91 Å². The molecule has 34 heavy (non-hydrogen) atoms. The van der Waals surface area contributed by atoms with Gasteiger partial charge in [0.15, 0.2) is 8.32 Å². The highest BCUT2D eigenvalue weighted by Crippen LogP contribution is 2.40. The van der Waals surface area contributed by atoms with Crippen LogP contribution in [-0.2, 0) is 15.8 Å². The van der Waals surface area contributed by atoms with Crippen molar-refractivity contribution < 1.29 is 23.1 Å². The minimum Gasteiger partial charge on any atom is -0.497 e. The molecule has 1 aliphatic heterocycles. The van der Waals surface area contributed by atoms with Crippen molar-refractivity contribution in [3.8, 4) is 11.5 Å². The molecule has 0 spiro atoms. The molecule has 0 aromatic heterocycles. The van der Waals surface area contributed by atoms with E-state index in [2.05, 4.69) is 33.9 Å². The fourth-order valence-electron chi connectivity index (χ4n) is 3.89. The van der Waals surface area contributed by atoms with Crippen molar-refractivity contribution in [3.05, 3.63) is 58.4 Å². The van der Waals surface area contributed by atoms with E-state index in [1.807, 2.05) is 6.92 Å². The minimum absolute atomic E-state index is 0.00128. The Kier molecular flexibility index (Phi) is 8.00. The van der Waals surface area contributed by atoms with E-state index in [1.165, 1.54) is 12.1 Å². The molecule has 186 valence electrons. The molecular weight excluding hydrogens is 473 g/mol. The lowest BCUT2D eigenvalue weighted by atomic mass is 10.0. The molecule has 1 aliphatic rings. The maximum atomic E-state index is 14.4. The van der Waals surface area contributed by atoms with Gasteiger partial charge in [0, 0.05) is 12.1 Å². The van der Waals surface area contributed by atoms with E-state index < -0.39 is 14.1 Å². The predicted octanol–water partition coefficient (Wildman–Crippen LogP) is 6.75. The fraction of sp³-hybridized carbons (Fsp3) is 0.500. The van der Waals surface area contributed by atoms with Crippen LogP contribution in [0.3, 0.4) is 0 Å². The van der Waals surface area contributed by atoms with Crippen LogP contribution in [0.1, 0.15) is 51.3 Å². The molecule has 0 N–H and O–H groups in total. The molecule has 1 saturated heterocycles. The number of halogens is 2. The number of nitrogens with zero attached hydrogens (tertiary/aromatic N) is 1. The van der Waals surface area contributed by atoms with Gasteiger partial charge in [-0.2, -0.15) is 0 Å². The quantitative estimate of drug-likeness (QED) is 0.371. The van der Waals surface area contributed by atoms with Gasteiger partial charge in [-0.1, -0.05) is 32.4 Å². The summed E-state index contributed by atoms with van der Waals surface area (Å²) < 4.78 is 32.0. The molecule has 1 unspecified atom stereocenters. The van der Waals surface area contributed by atoms with E-state index in [1.54, 1.807) is 36.3 Å². The predicted molar refractivity (Wildman–Crippen MR) is 136 cm³/mol. The molecule has 1 fully saturated rings. The monoisotopic (exact) mass is 507 g/mol. The molecule has 1 heterocycles. The van der Waals surface area contributed by atoms with Gasteiger partial charge in [0.1, 0.15) is 23.9 Å². The molecule has 0 radical (unpaired) electrons. The summed E-state index contributed by atoms with van der Waals surface area (Å²) in [5, 5.41) is 0.327. The van der Waals surface area contributed by atoms with Crippen LogP contribution in [0.25, 0.3) is 0 Å². The Morgan fingerprint density at radius 1 is 1.18 bits per heavy atom. The second kappa shape index (κ2) is 10.3. The van der Waals surface area contributed by atoms with Crippen LogP contribution in [0.4, 0.5) is 4.39 Å². The van der Waals surface area contributed by atoms with Gasteiger partial charge in [-0.25, -0.2) is 4.39 Å². The second-order valence-corrected chi connectivity index (χ2v) is 15.5. The lowest BCUT2D eigenvalue weighted by Crippen LogP contribution is -2.44. The molecular formula is C26H35ClFNO4Si. The Morgan fingerprint density at radius 2 is 1.79 bits per heavy atom. The summed E-state index contributed by atoms with van der Waals surface area (Å²) in [7, 11) is -0.417. The van der Waals surface area contributed by atoms with Crippen molar-refractivity contribution in [2.45, 2.75) is 71.0 Å². The number of methoxy groups -OCH3 is 1. The number of rotatable bonds is 8. The molecule has 0 saturated carbocycles. The number of benzene rings is 2. The first-order valence-corrected chi connectivity index (χ1v) is 14.8. The van der Waals surface area contributed by atoms with Crippen LogP contribution in [0.2, 0.25) is 23.2 Å². The van der Waals surface area contributed by atoms with Gasteiger partial charge in [0.05, 0.1) is 30.7 Å². The molecule has 2 aromatic carbocycles. The molecule has 2 aromatic rings. The summed E-state index contributed by atoms with van der Waals surface area (Å²) in [4.78, 5) is 14.7. The molecule has 0 bridgehead atoms. The first-order valence-electron chi connectivity index (χ1n) is 11.5. The first-order chi connectivity index (χ1) is 15.8. The van der Waals surface area contributed by atoms with Gasteiger partial charge < -0.3 is 18.8 Å². The zero-order valence-corrected chi connectivity index (χ0v) is 22.8. The van der Waals surface area contributed by atoms with E-state index in [4.69, 9.17) is 25.5 Å². The van der Waals surface area contributed by atoms with Crippen molar-refractivity contribution in [1.29, 1.82) is 0 Å². The van der Waals surface area contributed by atoms with Crippen molar-refractivity contribution in [2.75, 3.05) is 13.7 Å². The molecule has 3 rings (SSSR count). The van der Waals surface area contributed by atoms with Crippen LogP contribution < -0.4 is 9.47 Å². The third-order valence-electron chi connectivity index (χ3n) is 6.95. The van der Waals surface area contributed by atoms with Gasteiger partial charge in [0.25, 0.3) is 0 Å². The minimum atomic E-state index is -2.02. The Hall–Kier alpha value is -2.09. The number of ether oxygens (including phenoxy) is 2. The Balaban J connectivity index is 1.79. The topological polar surface area (TPSA) is 48.0 Å². The number of hydrogen-bond donors (Lipinski definition) is 0. The van der Waals surface area contributed by atoms with Gasteiger partial charge in [-0.3, -0.25) is 4.79 Å². The van der Waals surface area contributed by atoms with E-state index in [0.29, 0.717) is 29.8 Å². The van der Waals surface area contributed by atoms with Crippen molar-refractivity contribution in [1.82, 2.24) is 4.90 Å². The summed E-state index contributed by atoms with van der Waals surface area (Å²) in [6, 6.07) is 9.55. The highest BCUT2D eigenvalue weighted by atomic mass is 35.5. The summed E-state index contributed by atoms with van der Waals surface area (Å²) in [6.07, 6.45) is 0.163. The van der Waals surface area contributed by atoms with E-state index in [9.17, 15) is 9.18 Å². The van der Waals surface area contributed by atoms with Crippen molar-refractivity contribution in [3.63, 3.8) is 0 Å². The first kappa shape index (κ1) is 26.5. The fourth-order valence-corrected chi connectivity index (χ4v) is 5.50. The average Bonchev–Trinajstić information content (AvgIpc) is 3.10.